The van der Waals surface area contributed by atoms with Crippen molar-refractivity contribution < 1.29 is 37.3 Å². The van der Waals surface area contributed by atoms with Crippen LogP contribution in [-0.2, 0) is 27.9 Å². The molecule has 0 aromatic carbocycles. The molecule has 0 aromatic heterocycles. The van der Waals surface area contributed by atoms with Crippen molar-refractivity contribution in [3.63, 3.8) is 0 Å². The number of phosphoric acid groups is 1. The minimum Gasteiger partial charge on any atom is -0.756 e. The maximum absolute atomic E-state index is 12.7. The minimum atomic E-state index is -4.55. The van der Waals surface area contributed by atoms with Crippen LogP contribution in [0.5, 0.6) is 0 Å². The lowest BCUT2D eigenvalue weighted by Crippen LogP contribution is -2.37. The van der Waals surface area contributed by atoms with Gasteiger partial charge in [0.2, 0.25) is 0 Å². The van der Waals surface area contributed by atoms with Crippen LogP contribution in [0.4, 0.5) is 0 Å². The summed E-state index contributed by atoms with van der Waals surface area (Å²) in [5.74, 6) is -0.383. The second kappa shape index (κ2) is 43.8. The van der Waals surface area contributed by atoms with Crippen LogP contribution in [0.3, 0.4) is 0 Å². The van der Waals surface area contributed by atoms with E-state index < -0.39 is 13.9 Å². The Morgan fingerprint density at radius 2 is 0.902 bits per heavy atom. The van der Waals surface area contributed by atoms with Crippen LogP contribution in [0.2, 0.25) is 0 Å². The number of phosphoric ester groups is 1. The molecule has 0 aliphatic heterocycles. The lowest BCUT2D eigenvalue weighted by molar-refractivity contribution is -0.870. The summed E-state index contributed by atoms with van der Waals surface area (Å²) < 4.78 is 34.6. The van der Waals surface area contributed by atoms with Gasteiger partial charge in [0.1, 0.15) is 19.3 Å². The highest BCUT2D eigenvalue weighted by molar-refractivity contribution is 7.45. The molecular weight excluding hydrogens is 782 g/mol. The molecule has 0 heterocycles. The quantitative estimate of drug-likeness (QED) is 0.0198. The van der Waals surface area contributed by atoms with Crippen LogP contribution < -0.4 is 4.89 Å². The molecular formula is C52H88NO7P. The summed E-state index contributed by atoms with van der Waals surface area (Å²) in [6, 6.07) is 0. The van der Waals surface area contributed by atoms with Crippen molar-refractivity contribution in [3.05, 3.63) is 109 Å². The molecule has 0 amide bonds. The predicted molar refractivity (Wildman–Crippen MR) is 258 cm³/mol. The molecule has 0 saturated heterocycles. The number of nitrogens with zero attached hydrogens (tertiary/aromatic N) is 1. The first-order chi connectivity index (χ1) is 29.6. The number of carbonyl (C=O) groups excluding carboxylic acids is 1. The fraction of sp³-hybridized carbons (Fsp3) is 0.635. The van der Waals surface area contributed by atoms with Crippen molar-refractivity contribution in [2.45, 2.75) is 161 Å². The molecule has 9 heteroatoms. The van der Waals surface area contributed by atoms with Gasteiger partial charge in [0.15, 0.2) is 0 Å². The van der Waals surface area contributed by atoms with Gasteiger partial charge in [-0.25, -0.2) is 0 Å². The number of ether oxygens (including phenoxy) is 2. The number of hydrogen-bond acceptors (Lipinski definition) is 7. The first kappa shape index (κ1) is 58.2. The largest absolute Gasteiger partial charge is 0.756 e. The van der Waals surface area contributed by atoms with Crippen molar-refractivity contribution in [2.75, 3.05) is 54.1 Å². The van der Waals surface area contributed by atoms with Crippen LogP contribution in [0.25, 0.3) is 0 Å². The lowest BCUT2D eigenvalue weighted by Gasteiger charge is -2.28. The zero-order chi connectivity index (χ0) is 44.8. The summed E-state index contributed by atoms with van der Waals surface area (Å²) in [5.41, 5.74) is 0. The Morgan fingerprint density at radius 1 is 0.508 bits per heavy atom. The average Bonchev–Trinajstić information content (AvgIpc) is 3.22. The van der Waals surface area contributed by atoms with E-state index in [0.29, 0.717) is 24.1 Å². The zero-order valence-electron chi connectivity index (χ0n) is 39.3. The Hall–Kier alpha value is -2.84. The molecule has 0 aliphatic carbocycles. The van der Waals surface area contributed by atoms with Gasteiger partial charge >= 0.3 is 5.97 Å². The summed E-state index contributed by atoms with van der Waals surface area (Å²) in [5, 5.41) is 0. The standard InChI is InChI=1S/C52H88NO7P/c1-6-8-10-12-14-16-18-20-22-24-26-27-28-29-31-33-35-37-39-41-43-45-52(54)60-51(50-59-61(55,56)58-48-46-53(3,4)5)49-57-47-44-42-40-38-36-34-32-30-25-23-21-19-17-15-13-11-9-7-2/h8-11,14-17,20-23,26-27,29,31,35,37,51H,6-7,12-13,18-19,24-25,28,30,32-34,36,38-50H2,1-5H3/b10-8-,11-9-,16-14-,17-15-,22-20-,23-21-,27-26-,31-29-,37-35-. The highest BCUT2D eigenvalue weighted by atomic mass is 31.2. The van der Waals surface area contributed by atoms with Crippen molar-refractivity contribution in [1.82, 2.24) is 0 Å². The molecule has 0 aliphatic rings. The number of allylic oxidation sites excluding steroid dienone is 18. The van der Waals surface area contributed by atoms with Gasteiger partial charge in [-0.2, -0.15) is 0 Å². The van der Waals surface area contributed by atoms with Crippen molar-refractivity contribution in [3.8, 4) is 0 Å². The van der Waals surface area contributed by atoms with E-state index in [1.54, 1.807) is 0 Å². The number of likely N-dealkylation sites (N-methyl/N-ethyl adjacent to an activating group) is 1. The average molecular weight is 870 g/mol. The van der Waals surface area contributed by atoms with Crippen LogP contribution >= 0.6 is 7.82 Å². The third kappa shape index (κ3) is 48.1. The molecule has 0 bridgehead atoms. The van der Waals surface area contributed by atoms with Gasteiger partial charge in [-0.3, -0.25) is 9.36 Å². The van der Waals surface area contributed by atoms with Crippen molar-refractivity contribution >= 4 is 13.8 Å². The molecule has 0 N–H and O–H groups in total. The molecule has 2 unspecified atom stereocenters. The van der Waals surface area contributed by atoms with Crippen molar-refractivity contribution in [1.29, 1.82) is 0 Å². The van der Waals surface area contributed by atoms with E-state index >= 15 is 0 Å². The molecule has 8 nitrogen and oxygen atoms in total. The van der Waals surface area contributed by atoms with E-state index in [9.17, 15) is 14.3 Å². The number of unbranched alkanes of at least 4 members (excludes halogenated alkanes) is 10. The molecule has 348 valence electrons. The number of quaternary nitrogens is 1. The maximum atomic E-state index is 12.7. The van der Waals surface area contributed by atoms with E-state index in [2.05, 4.69) is 123 Å². The third-order valence-corrected chi connectivity index (χ3v) is 10.3. The second-order valence-corrected chi connectivity index (χ2v) is 17.8. The number of carbonyl (C=O) groups is 1. The van der Waals surface area contributed by atoms with Crippen molar-refractivity contribution in [2.24, 2.45) is 0 Å². The number of esters is 1. The van der Waals surface area contributed by atoms with Gasteiger partial charge < -0.3 is 27.9 Å². The lowest BCUT2D eigenvalue weighted by atomic mass is 10.1. The fourth-order valence-corrected chi connectivity index (χ4v) is 6.47. The third-order valence-electron chi connectivity index (χ3n) is 9.32. The first-order valence-corrected chi connectivity index (χ1v) is 25.1. The molecule has 0 spiro atoms. The Kier molecular flexibility index (Phi) is 41.8. The number of hydrogen-bond donors (Lipinski definition) is 0. The number of rotatable bonds is 42. The summed E-state index contributed by atoms with van der Waals surface area (Å²) in [7, 11) is 1.30. The Bertz CT molecular complexity index is 1340. The molecule has 2 atom stereocenters. The van der Waals surface area contributed by atoms with Gasteiger partial charge in [0.05, 0.1) is 34.4 Å². The first-order valence-electron chi connectivity index (χ1n) is 23.6. The molecule has 0 rings (SSSR count). The monoisotopic (exact) mass is 870 g/mol. The smallest absolute Gasteiger partial charge is 0.306 e. The SMILES string of the molecule is CC/C=C\C/C=C\C/C=C\C/C=C\C/C=C\C/C=C\CCCCC(=O)OC(COCCCCCCCCCC/C=C\C/C=C\C/C=C\CC)COP(=O)([O-])OCC[N+](C)(C)C. The Balaban J connectivity index is 4.33. The van der Waals surface area contributed by atoms with E-state index in [-0.39, 0.29) is 32.2 Å². The minimum absolute atomic E-state index is 0.00908. The van der Waals surface area contributed by atoms with Gasteiger partial charge in [0, 0.05) is 13.0 Å². The Morgan fingerprint density at radius 3 is 1.34 bits per heavy atom. The molecule has 0 saturated carbocycles. The van der Waals surface area contributed by atoms with Crippen LogP contribution in [0.15, 0.2) is 109 Å². The van der Waals surface area contributed by atoms with Crippen LogP contribution in [-0.4, -0.2) is 70.7 Å². The zero-order valence-corrected chi connectivity index (χ0v) is 40.2. The second-order valence-electron chi connectivity index (χ2n) is 16.3. The molecule has 61 heavy (non-hydrogen) atoms. The van der Waals surface area contributed by atoms with Gasteiger partial charge in [-0.1, -0.05) is 162 Å². The van der Waals surface area contributed by atoms with E-state index in [1.165, 1.54) is 32.1 Å². The van der Waals surface area contributed by atoms with Gasteiger partial charge in [0.25, 0.3) is 7.82 Å². The van der Waals surface area contributed by atoms with E-state index in [0.717, 1.165) is 96.3 Å². The predicted octanol–water partition coefficient (Wildman–Crippen LogP) is 13.8. The topological polar surface area (TPSA) is 94.1 Å². The van der Waals surface area contributed by atoms with Crippen LogP contribution in [0.1, 0.15) is 155 Å². The molecule has 0 aromatic rings. The highest BCUT2D eigenvalue weighted by Crippen LogP contribution is 2.38. The normalized spacial score (nSPS) is 14.7. The summed E-state index contributed by atoms with van der Waals surface area (Å²) in [6.45, 7) is 5.08. The summed E-state index contributed by atoms with van der Waals surface area (Å²) in [6.07, 6.45) is 61.1. The van der Waals surface area contributed by atoms with E-state index in [1.807, 2.05) is 21.1 Å². The van der Waals surface area contributed by atoms with Gasteiger partial charge in [-0.05, 0) is 96.3 Å². The van der Waals surface area contributed by atoms with E-state index in [4.69, 9.17) is 18.5 Å². The van der Waals surface area contributed by atoms with Crippen LogP contribution in [0, 0.1) is 0 Å². The molecule has 0 fully saturated rings. The summed E-state index contributed by atoms with van der Waals surface area (Å²) in [4.78, 5) is 25.1. The summed E-state index contributed by atoms with van der Waals surface area (Å²) >= 11 is 0. The Labute approximate surface area is 374 Å². The molecule has 0 radical (unpaired) electrons. The van der Waals surface area contributed by atoms with Gasteiger partial charge in [-0.15, -0.1) is 0 Å². The highest BCUT2D eigenvalue weighted by Gasteiger charge is 2.20. The maximum Gasteiger partial charge on any atom is 0.306 e. The fourth-order valence-electron chi connectivity index (χ4n) is 5.74.